The summed E-state index contributed by atoms with van der Waals surface area (Å²) in [4.78, 5) is 3.98. The van der Waals surface area contributed by atoms with E-state index in [1.807, 2.05) is 12.1 Å². The number of aromatic nitrogens is 3. The molecule has 0 aliphatic rings. The molecule has 2 aromatic rings. The van der Waals surface area contributed by atoms with Gasteiger partial charge >= 0.3 is 0 Å². The van der Waals surface area contributed by atoms with Gasteiger partial charge in [0.2, 0.25) is 5.88 Å². The Hall–Kier alpha value is -2.57. The van der Waals surface area contributed by atoms with Crippen LogP contribution in [0.1, 0.15) is 23.2 Å². The van der Waals surface area contributed by atoms with Crippen molar-refractivity contribution in [1.29, 1.82) is 0 Å². The molecule has 2 rings (SSSR count). The van der Waals surface area contributed by atoms with Gasteiger partial charge in [0.15, 0.2) is 5.84 Å². The average Bonchev–Trinajstić information content (AvgIpc) is 2.78. The van der Waals surface area contributed by atoms with E-state index in [2.05, 4.69) is 15.2 Å². The number of oxime groups is 1. The largest absolute Gasteiger partial charge is 0.477 e. The van der Waals surface area contributed by atoms with E-state index in [9.17, 15) is 0 Å². The summed E-state index contributed by atoms with van der Waals surface area (Å²) in [6.07, 6.45) is 5.30. The highest BCUT2D eigenvalue weighted by Gasteiger charge is 2.18. The second-order valence-corrected chi connectivity index (χ2v) is 4.68. The van der Waals surface area contributed by atoms with E-state index < -0.39 is 0 Å². The number of nitrogens with zero attached hydrogens (tertiary/aromatic N) is 4. The highest BCUT2D eigenvalue weighted by atomic mass is 16.5. The van der Waals surface area contributed by atoms with Gasteiger partial charge in [-0.1, -0.05) is 5.16 Å². The normalized spacial score (nSPS) is 11.6. The molecule has 0 radical (unpaired) electrons. The molecule has 7 heteroatoms. The maximum absolute atomic E-state index is 8.83. The Labute approximate surface area is 123 Å². The number of nitrogens with two attached hydrogens (primary N) is 1. The third kappa shape index (κ3) is 3.50. The number of hydrogen-bond acceptors (Lipinski definition) is 5. The van der Waals surface area contributed by atoms with Gasteiger partial charge in [0.25, 0.3) is 0 Å². The van der Waals surface area contributed by atoms with Gasteiger partial charge in [-0.15, -0.1) is 0 Å². The maximum Gasteiger partial charge on any atom is 0.223 e. The van der Waals surface area contributed by atoms with Crippen LogP contribution in [0.2, 0.25) is 0 Å². The van der Waals surface area contributed by atoms with Crippen LogP contribution < -0.4 is 10.5 Å². The van der Waals surface area contributed by atoms with Crippen LogP contribution in [0.4, 0.5) is 0 Å². The molecule has 0 saturated heterocycles. The lowest BCUT2D eigenvalue weighted by atomic mass is 10.1. The van der Waals surface area contributed by atoms with E-state index in [1.54, 1.807) is 31.0 Å². The summed E-state index contributed by atoms with van der Waals surface area (Å²) >= 11 is 0. The Bertz CT molecular complexity index is 622. The summed E-state index contributed by atoms with van der Waals surface area (Å²) in [6.45, 7) is 2.31. The molecule has 21 heavy (non-hydrogen) atoms. The molecule has 0 atom stereocenters. The van der Waals surface area contributed by atoms with Crippen LogP contribution in [0.25, 0.3) is 0 Å². The first kappa shape index (κ1) is 14.8. The first-order valence-electron chi connectivity index (χ1n) is 6.66. The van der Waals surface area contributed by atoms with Crippen molar-refractivity contribution >= 4 is 5.84 Å². The van der Waals surface area contributed by atoms with E-state index in [-0.39, 0.29) is 5.84 Å². The molecule has 0 aliphatic carbocycles. The molecule has 0 aliphatic heterocycles. The first-order chi connectivity index (χ1) is 10.1. The average molecular weight is 289 g/mol. The standard InChI is InChI=1S/C14H19N5O2/c1-10-12(13(15)18-20)14(19(2)17-10)21-9-3-4-11-5-7-16-8-6-11/h5-8,20H,3-4,9H2,1-2H3,(H2,15,18). The van der Waals surface area contributed by atoms with Crippen LogP contribution in [0.3, 0.4) is 0 Å². The van der Waals surface area contributed by atoms with Crippen molar-refractivity contribution in [2.75, 3.05) is 6.61 Å². The SMILES string of the molecule is Cc1nn(C)c(OCCCc2ccncc2)c1C(N)=NO. The van der Waals surface area contributed by atoms with Crippen molar-refractivity contribution in [3.8, 4) is 5.88 Å². The van der Waals surface area contributed by atoms with Crippen LogP contribution in [-0.4, -0.2) is 32.4 Å². The van der Waals surface area contributed by atoms with E-state index >= 15 is 0 Å². The monoisotopic (exact) mass is 289 g/mol. The van der Waals surface area contributed by atoms with Gasteiger partial charge in [-0.25, -0.2) is 4.68 Å². The Morgan fingerprint density at radius 3 is 2.81 bits per heavy atom. The van der Waals surface area contributed by atoms with E-state index in [1.165, 1.54) is 5.56 Å². The minimum Gasteiger partial charge on any atom is -0.477 e. The molecular formula is C14H19N5O2. The summed E-state index contributed by atoms with van der Waals surface area (Å²) in [7, 11) is 1.76. The molecule has 0 saturated carbocycles. The predicted octanol–water partition coefficient (Wildman–Crippen LogP) is 1.23. The zero-order valence-corrected chi connectivity index (χ0v) is 12.2. The molecule has 112 valence electrons. The molecule has 0 fully saturated rings. The van der Waals surface area contributed by atoms with Gasteiger partial charge in [-0.05, 0) is 37.5 Å². The first-order valence-corrected chi connectivity index (χ1v) is 6.66. The molecule has 2 heterocycles. The molecule has 2 aromatic heterocycles. The zero-order valence-electron chi connectivity index (χ0n) is 12.2. The van der Waals surface area contributed by atoms with Gasteiger partial charge in [-0.2, -0.15) is 5.10 Å². The maximum atomic E-state index is 8.83. The molecule has 0 aromatic carbocycles. The fraction of sp³-hybridized carbons (Fsp3) is 0.357. The number of hydrogen-bond donors (Lipinski definition) is 2. The van der Waals surface area contributed by atoms with Crippen LogP contribution in [0, 0.1) is 6.92 Å². The van der Waals surface area contributed by atoms with Gasteiger partial charge in [0.05, 0.1) is 12.3 Å². The highest BCUT2D eigenvalue weighted by Crippen LogP contribution is 2.21. The third-order valence-corrected chi connectivity index (χ3v) is 3.13. The van der Waals surface area contributed by atoms with Crippen molar-refractivity contribution in [1.82, 2.24) is 14.8 Å². The molecule has 0 amide bonds. The number of aryl methyl sites for hydroxylation is 3. The van der Waals surface area contributed by atoms with Crippen LogP contribution in [0.15, 0.2) is 29.7 Å². The van der Waals surface area contributed by atoms with E-state index in [0.29, 0.717) is 23.7 Å². The number of amidine groups is 1. The second-order valence-electron chi connectivity index (χ2n) is 4.68. The van der Waals surface area contributed by atoms with Crippen LogP contribution >= 0.6 is 0 Å². The lowest BCUT2D eigenvalue weighted by Crippen LogP contribution is -2.16. The molecule has 0 unspecified atom stereocenters. The quantitative estimate of drug-likeness (QED) is 0.274. The minimum absolute atomic E-state index is 0.00438. The number of rotatable bonds is 6. The summed E-state index contributed by atoms with van der Waals surface area (Å²) in [5.74, 6) is 0.516. The van der Waals surface area contributed by atoms with Gasteiger partial charge < -0.3 is 15.7 Å². The van der Waals surface area contributed by atoms with Crippen molar-refractivity contribution in [2.24, 2.45) is 17.9 Å². The highest BCUT2D eigenvalue weighted by molar-refractivity contribution is 6.00. The second kappa shape index (κ2) is 6.74. The Kier molecular flexibility index (Phi) is 4.76. The Balaban J connectivity index is 1.97. The van der Waals surface area contributed by atoms with Crippen molar-refractivity contribution in [2.45, 2.75) is 19.8 Å². The minimum atomic E-state index is 0.00438. The molecule has 7 nitrogen and oxygen atoms in total. The topological polar surface area (TPSA) is 98.5 Å². The molecular weight excluding hydrogens is 270 g/mol. The van der Waals surface area contributed by atoms with Gasteiger partial charge in [0, 0.05) is 19.4 Å². The third-order valence-electron chi connectivity index (χ3n) is 3.13. The molecule has 0 bridgehead atoms. The molecule has 3 N–H and O–H groups in total. The van der Waals surface area contributed by atoms with E-state index in [4.69, 9.17) is 15.7 Å². The fourth-order valence-corrected chi connectivity index (χ4v) is 2.14. The summed E-state index contributed by atoms with van der Waals surface area (Å²) in [5.41, 5.74) is 8.07. The smallest absolute Gasteiger partial charge is 0.223 e. The lowest BCUT2D eigenvalue weighted by molar-refractivity contribution is 0.283. The lowest BCUT2D eigenvalue weighted by Gasteiger charge is -2.08. The van der Waals surface area contributed by atoms with Crippen molar-refractivity contribution < 1.29 is 9.94 Å². The fourth-order valence-electron chi connectivity index (χ4n) is 2.14. The summed E-state index contributed by atoms with van der Waals surface area (Å²) in [6, 6.07) is 3.96. The Morgan fingerprint density at radius 1 is 1.43 bits per heavy atom. The van der Waals surface area contributed by atoms with Crippen molar-refractivity contribution in [3.63, 3.8) is 0 Å². The summed E-state index contributed by atoms with van der Waals surface area (Å²) < 4.78 is 7.34. The predicted molar refractivity (Wildman–Crippen MR) is 78.5 cm³/mol. The van der Waals surface area contributed by atoms with E-state index in [0.717, 1.165) is 12.8 Å². The number of ether oxygens (including phenoxy) is 1. The molecule has 0 spiro atoms. The van der Waals surface area contributed by atoms with Crippen LogP contribution in [0.5, 0.6) is 5.88 Å². The van der Waals surface area contributed by atoms with Gasteiger partial charge in [-0.3, -0.25) is 4.98 Å². The zero-order chi connectivity index (χ0) is 15.2. The van der Waals surface area contributed by atoms with Crippen LogP contribution in [-0.2, 0) is 13.5 Å². The summed E-state index contributed by atoms with van der Waals surface area (Å²) in [5, 5.41) is 16.1. The van der Waals surface area contributed by atoms with Crippen molar-refractivity contribution in [3.05, 3.63) is 41.3 Å². The Morgan fingerprint density at radius 2 is 2.14 bits per heavy atom. The number of pyridine rings is 1. The van der Waals surface area contributed by atoms with Gasteiger partial charge in [0.1, 0.15) is 5.56 Å².